The number of nitrogens with zero attached hydrogens (tertiary/aromatic N) is 3. The van der Waals surface area contributed by atoms with Crippen molar-refractivity contribution in [2.24, 2.45) is 0 Å². The van der Waals surface area contributed by atoms with E-state index in [1.165, 1.54) is 30.0 Å². The van der Waals surface area contributed by atoms with Crippen molar-refractivity contribution in [3.05, 3.63) is 29.8 Å². The van der Waals surface area contributed by atoms with Gasteiger partial charge in [-0.1, -0.05) is 30.0 Å². The standard InChI is InChI=1S/C15H18F2N4O3S3/c1-4-7-25-15-20-19-14(26-15)18-13(22)9(2)21(27(3,23)24)10-5-6-11(16)12(17)8-10/h5-6,8-9H,4,7H2,1-3H3,(H,18,19,22)/t9-/m1/s1. The van der Waals surface area contributed by atoms with Crippen molar-refractivity contribution in [1.29, 1.82) is 0 Å². The minimum absolute atomic E-state index is 0.157. The number of sulfonamides is 1. The monoisotopic (exact) mass is 436 g/mol. The fourth-order valence-electron chi connectivity index (χ4n) is 2.15. The fourth-order valence-corrected chi connectivity index (χ4v) is 5.00. The van der Waals surface area contributed by atoms with E-state index in [0.29, 0.717) is 4.34 Å². The molecule has 0 radical (unpaired) electrons. The number of carbonyl (C=O) groups excluding carboxylic acids is 1. The number of anilines is 2. The Morgan fingerprint density at radius 1 is 1.33 bits per heavy atom. The molecule has 1 N–H and O–H groups in total. The highest BCUT2D eigenvalue weighted by molar-refractivity contribution is 8.01. The highest BCUT2D eigenvalue weighted by Crippen LogP contribution is 2.27. The fraction of sp³-hybridized carbons (Fsp3) is 0.400. The van der Waals surface area contributed by atoms with Gasteiger partial charge in [0, 0.05) is 11.8 Å². The van der Waals surface area contributed by atoms with Gasteiger partial charge in [-0.15, -0.1) is 10.2 Å². The summed E-state index contributed by atoms with van der Waals surface area (Å²) in [5, 5.41) is 10.5. The quantitative estimate of drug-likeness (QED) is 0.505. The van der Waals surface area contributed by atoms with Crippen molar-refractivity contribution < 1.29 is 22.0 Å². The number of rotatable bonds is 8. The summed E-state index contributed by atoms with van der Waals surface area (Å²) in [7, 11) is -3.94. The van der Waals surface area contributed by atoms with E-state index in [2.05, 4.69) is 15.5 Å². The minimum atomic E-state index is -3.94. The van der Waals surface area contributed by atoms with Gasteiger partial charge in [-0.25, -0.2) is 17.2 Å². The lowest BCUT2D eigenvalue weighted by Gasteiger charge is -2.27. The van der Waals surface area contributed by atoms with Gasteiger partial charge in [0.15, 0.2) is 16.0 Å². The predicted molar refractivity (Wildman–Crippen MR) is 103 cm³/mol. The van der Waals surface area contributed by atoms with Gasteiger partial charge in [0.2, 0.25) is 21.1 Å². The number of aromatic nitrogens is 2. The zero-order valence-corrected chi connectivity index (χ0v) is 17.2. The van der Waals surface area contributed by atoms with Crippen molar-refractivity contribution in [3.63, 3.8) is 0 Å². The maximum absolute atomic E-state index is 13.5. The van der Waals surface area contributed by atoms with Crippen LogP contribution in [-0.2, 0) is 14.8 Å². The summed E-state index contributed by atoms with van der Waals surface area (Å²) >= 11 is 2.67. The average Bonchev–Trinajstić information content (AvgIpc) is 3.02. The number of thioether (sulfide) groups is 1. The Morgan fingerprint density at radius 2 is 2.04 bits per heavy atom. The zero-order valence-electron chi connectivity index (χ0n) is 14.8. The highest BCUT2D eigenvalue weighted by Gasteiger charge is 2.30. The molecule has 1 atom stereocenters. The molecular weight excluding hydrogens is 418 g/mol. The van der Waals surface area contributed by atoms with Crippen LogP contribution in [0.25, 0.3) is 0 Å². The second-order valence-corrected chi connectivity index (χ2v) is 9.72. The molecule has 1 heterocycles. The van der Waals surface area contributed by atoms with Crippen LogP contribution in [0.2, 0.25) is 0 Å². The van der Waals surface area contributed by atoms with Crippen LogP contribution in [0.5, 0.6) is 0 Å². The number of hydrogen-bond acceptors (Lipinski definition) is 7. The van der Waals surface area contributed by atoms with Crippen LogP contribution in [-0.4, -0.2) is 42.6 Å². The molecule has 12 heteroatoms. The third kappa shape index (κ3) is 5.59. The number of halogens is 2. The largest absolute Gasteiger partial charge is 0.299 e. The number of amides is 1. The van der Waals surface area contributed by atoms with Gasteiger partial charge in [-0.05, 0) is 25.5 Å². The molecule has 0 bridgehead atoms. The molecule has 0 fully saturated rings. The van der Waals surface area contributed by atoms with E-state index >= 15 is 0 Å². The summed E-state index contributed by atoms with van der Waals surface area (Å²) < 4.78 is 52.4. The molecule has 2 aromatic rings. The van der Waals surface area contributed by atoms with E-state index in [0.717, 1.165) is 40.9 Å². The lowest BCUT2D eigenvalue weighted by Crippen LogP contribution is -2.45. The summed E-state index contributed by atoms with van der Waals surface area (Å²) in [6.07, 6.45) is 1.84. The summed E-state index contributed by atoms with van der Waals surface area (Å²) in [5.41, 5.74) is -0.157. The van der Waals surface area contributed by atoms with Crippen molar-refractivity contribution >= 4 is 49.8 Å². The average molecular weight is 437 g/mol. The second kappa shape index (κ2) is 8.93. The molecule has 0 saturated heterocycles. The molecule has 0 saturated carbocycles. The molecular formula is C15H18F2N4O3S3. The van der Waals surface area contributed by atoms with E-state index in [-0.39, 0.29) is 10.8 Å². The molecule has 1 aromatic heterocycles. The Balaban J connectivity index is 2.22. The Labute approximate surface area is 164 Å². The number of carbonyl (C=O) groups is 1. The van der Waals surface area contributed by atoms with Crippen LogP contribution in [0.3, 0.4) is 0 Å². The highest BCUT2D eigenvalue weighted by atomic mass is 32.2. The Hall–Kier alpha value is -1.79. The Kier molecular flexibility index (Phi) is 7.12. The van der Waals surface area contributed by atoms with E-state index in [9.17, 15) is 22.0 Å². The first-order chi connectivity index (χ1) is 12.6. The van der Waals surface area contributed by atoms with Gasteiger partial charge < -0.3 is 0 Å². The van der Waals surface area contributed by atoms with Gasteiger partial charge in [-0.2, -0.15) is 0 Å². The smallest absolute Gasteiger partial charge is 0.249 e. The van der Waals surface area contributed by atoms with Gasteiger partial charge in [0.25, 0.3) is 0 Å². The van der Waals surface area contributed by atoms with Crippen LogP contribution in [0, 0.1) is 11.6 Å². The van der Waals surface area contributed by atoms with Gasteiger partial charge in [0.05, 0.1) is 11.9 Å². The normalized spacial score (nSPS) is 12.6. The number of nitrogens with one attached hydrogen (secondary N) is 1. The van der Waals surface area contributed by atoms with Gasteiger partial charge in [-0.3, -0.25) is 14.4 Å². The van der Waals surface area contributed by atoms with Crippen molar-refractivity contribution in [3.8, 4) is 0 Å². The SMILES string of the molecule is CCCSc1nnc(NC(=O)[C@@H](C)N(c2ccc(F)c(F)c2)S(C)(=O)=O)s1. The van der Waals surface area contributed by atoms with Crippen molar-refractivity contribution in [2.45, 2.75) is 30.6 Å². The minimum Gasteiger partial charge on any atom is -0.299 e. The van der Waals surface area contributed by atoms with E-state index in [1.807, 2.05) is 6.92 Å². The first-order valence-electron chi connectivity index (χ1n) is 7.85. The van der Waals surface area contributed by atoms with Crippen molar-refractivity contribution in [1.82, 2.24) is 10.2 Å². The molecule has 2 rings (SSSR count). The first kappa shape index (κ1) is 21.5. The second-order valence-electron chi connectivity index (χ2n) is 5.54. The van der Waals surface area contributed by atoms with E-state index in [1.54, 1.807) is 0 Å². The molecule has 0 aliphatic rings. The topological polar surface area (TPSA) is 92.3 Å². The predicted octanol–water partition coefficient (Wildman–Crippen LogP) is 3.11. The Bertz CT molecular complexity index is 921. The molecule has 0 unspecified atom stereocenters. The summed E-state index contributed by atoms with van der Waals surface area (Å²) in [6.45, 7) is 3.36. The molecule has 27 heavy (non-hydrogen) atoms. The van der Waals surface area contributed by atoms with Crippen LogP contribution < -0.4 is 9.62 Å². The number of benzene rings is 1. The summed E-state index contributed by atoms with van der Waals surface area (Å²) in [5.74, 6) is -2.14. The maximum Gasteiger partial charge on any atom is 0.249 e. The molecule has 148 valence electrons. The lowest BCUT2D eigenvalue weighted by atomic mass is 10.2. The third-order valence-electron chi connectivity index (χ3n) is 3.31. The maximum atomic E-state index is 13.5. The Morgan fingerprint density at radius 3 is 2.63 bits per heavy atom. The van der Waals surface area contributed by atoms with Crippen LogP contribution in [0.15, 0.2) is 22.5 Å². The first-order valence-corrected chi connectivity index (χ1v) is 11.5. The molecule has 1 amide bonds. The lowest BCUT2D eigenvalue weighted by molar-refractivity contribution is -0.116. The van der Waals surface area contributed by atoms with E-state index < -0.39 is 33.6 Å². The summed E-state index contributed by atoms with van der Waals surface area (Å²) in [4.78, 5) is 12.5. The number of hydrogen-bond donors (Lipinski definition) is 1. The molecule has 0 aliphatic carbocycles. The molecule has 0 aliphatic heterocycles. The van der Waals surface area contributed by atoms with Crippen LogP contribution in [0.4, 0.5) is 19.6 Å². The van der Waals surface area contributed by atoms with Gasteiger partial charge >= 0.3 is 0 Å². The zero-order chi connectivity index (χ0) is 20.2. The van der Waals surface area contributed by atoms with Crippen molar-refractivity contribution in [2.75, 3.05) is 21.6 Å². The third-order valence-corrected chi connectivity index (χ3v) is 6.73. The van der Waals surface area contributed by atoms with Crippen LogP contribution in [0.1, 0.15) is 20.3 Å². The van der Waals surface area contributed by atoms with Crippen LogP contribution >= 0.6 is 23.1 Å². The van der Waals surface area contributed by atoms with Gasteiger partial charge in [0.1, 0.15) is 6.04 Å². The molecule has 0 spiro atoms. The molecule has 1 aromatic carbocycles. The molecule has 7 nitrogen and oxygen atoms in total. The summed E-state index contributed by atoms with van der Waals surface area (Å²) in [6, 6.07) is 1.40. The van der Waals surface area contributed by atoms with E-state index in [4.69, 9.17) is 0 Å².